The lowest BCUT2D eigenvalue weighted by Gasteiger charge is -2.32. The summed E-state index contributed by atoms with van der Waals surface area (Å²) in [6.07, 6.45) is 0. The number of anilines is 3. The quantitative estimate of drug-likeness (QED) is 0.163. The third-order valence-corrected chi connectivity index (χ3v) is 13.6. The third-order valence-electron chi connectivity index (χ3n) is 13.6. The lowest BCUT2D eigenvalue weighted by atomic mass is 9.70. The average Bonchev–Trinajstić information content (AvgIpc) is 3.97. The van der Waals surface area contributed by atoms with E-state index < -0.39 is 5.41 Å². The lowest BCUT2D eigenvalue weighted by Crippen LogP contribution is -2.26. The summed E-state index contributed by atoms with van der Waals surface area (Å²) < 4.78 is 2.40. The number of benzene rings is 10. The molecule has 0 N–H and O–H groups in total. The largest absolute Gasteiger partial charge is 0.310 e. The summed E-state index contributed by atoms with van der Waals surface area (Å²) in [4.78, 5) is 2.44. The monoisotopic (exact) mass is 800 g/mol. The maximum absolute atomic E-state index is 2.48. The first kappa shape index (κ1) is 35.5. The fourth-order valence-electron chi connectivity index (χ4n) is 11.0. The summed E-state index contributed by atoms with van der Waals surface area (Å²) in [5, 5.41) is 2.52. The molecule has 1 heterocycles. The Morgan fingerprint density at radius 1 is 0.286 bits per heavy atom. The van der Waals surface area contributed by atoms with Crippen molar-refractivity contribution in [2.24, 2.45) is 0 Å². The van der Waals surface area contributed by atoms with E-state index >= 15 is 0 Å². The molecular formula is C61H40N2. The smallest absolute Gasteiger partial charge is 0.0726 e. The van der Waals surface area contributed by atoms with E-state index in [0.29, 0.717) is 0 Å². The Hall–Kier alpha value is -8.20. The van der Waals surface area contributed by atoms with Crippen LogP contribution < -0.4 is 4.90 Å². The first-order valence-corrected chi connectivity index (χ1v) is 21.8. The van der Waals surface area contributed by atoms with Crippen molar-refractivity contribution in [2.45, 2.75) is 5.41 Å². The minimum atomic E-state index is -0.437. The number of aromatic nitrogens is 1. The molecule has 13 rings (SSSR count). The molecule has 1 spiro atoms. The summed E-state index contributed by atoms with van der Waals surface area (Å²) in [5.41, 5.74) is 21.7. The zero-order valence-electron chi connectivity index (χ0n) is 34.5. The number of para-hydroxylation sites is 2. The molecule has 2 aliphatic carbocycles. The fraction of sp³-hybridized carbons (Fsp3) is 0.0164. The predicted molar refractivity (Wildman–Crippen MR) is 263 cm³/mol. The van der Waals surface area contributed by atoms with Crippen molar-refractivity contribution in [3.8, 4) is 50.2 Å². The molecule has 0 radical (unpaired) electrons. The van der Waals surface area contributed by atoms with Crippen LogP contribution in [0.4, 0.5) is 17.1 Å². The van der Waals surface area contributed by atoms with Crippen LogP contribution in [0.1, 0.15) is 22.3 Å². The normalized spacial score (nSPS) is 12.9. The molecule has 63 heavy (non-hydrogen) atoms. The predicted octanol–water partition coefficient (Wildman–Crippen LogP) is 15.9. The van der Waals surface area contributed by atoms with Gasteiger partial charge in [0.05, 0.1) is 16.4 Å². The molecule has 1 aromatic heterocycles. The number of hydrogen-bond donors (Lipinski definition) is 0. The summed E-state index contributed by atoms with van der Waals surface area (Å²) in [7, 11) is 0. The Morgan fingerprint density at radius 3 is 1.38 bits per heavy atom. The highest BCUT2D eigenvalue weighted by Crippen LogP contribution is 2.63. The van der Waals surface area contributed by atoms with Crippen LogP contribution in [0.2, 0.25) is 0 Å². The number of nitrogens with zero attached hydrogens (tertiary/aromatic N) is 2. The van der Waals surface area contributed by atoms with Gasteiger partial charge < -0.3 is 9.47 Å². The van der Waals surface area contributed by atoms with Crippen LogP contribution in [0.3, 0.4) is 0 Å². The van der Waals surface area contributed by atoms with Gasteiger partial charge in [0.2, 0.25) is 0 Å². The van der Waals surface area contributed by atoms with E-state index in [4.69, 9.17) is 0 Å². The molecule has 11 aromatic rings. The second-order valence-electron chi connectivity index (χ2n) is 16.8. The molecule has 0 amide bonds. The molecule has 2 heteroatoms. The molecule has 0 bridgehead atoms. The van der Waals surface area contributed by atoms with Gasteiger partial charge in [-0.05, 0) is 127 Å². The van der Waals surface area contributed by atoms with Crippen molar-refractivity contribution >= 4 is 38.9 Å². The maximum atomic E-state index is 2.48. The molecule has 0 fully saturated rings. The Bertz CT molecular complexity index is 3460. The first-order chi connectivity index (χ1) is 31.3. The summed E-state index contributed by atoms with van der Waals surface area (Å²) in [6, 6.07) is 89.5. The number of rotatable bonds is 6. The van der Waals surface area contributed by atoms with Gasteiger partial charge in [0.1, 0.15) is 0 Å². The maximum Gasteiger partial charge on any atom is 0.0726 e. The van der Waals surface area contributed by atoms with Gasteiger partial charge in [0, 0.05) is 33.5 Å². The minimum absolute atomic E-state index is 0.437. The number of fused-ring (bicyclic) bond motifs is 13. The van der Waals surface area contributed by atoms with E-state index in [0.717, 1.165) is 33.9 Å². The van der Waals surface area contributed by atoms with E-state index in [-0.39, 0.29) is 0 Å². The molecule has 0 unspecified atom stereocenters. The van der Waals surface area contributed by atoms with Crippen LogP contribution >= 0.6 is 0 Å². The third kappa shape index (κ3) is 5.25. The van der Waals surface area contributed by atoms with Crippen molar-refractivity contribution in [3.63, 3.8) is 0 Å². The summed E-state index contributed by atoms with van der Waals surface area (Å²) in [6.45, 7) is 0. The van der Waals surface area contributed by atoms with E-state index in [1.54, 1.807) is 0 Å². The van der Waals surface area contributed by atoms with Crippen molar-refractivity contribution in [3.05, 3.63) is 265 Å². The van der Waals surface area contributed by atoms with Crippen LogP contribution in [0.5, 0.6) is 0 Å². The van der Waals surface area contributed by atoms with Crippen LogP contribution in [-0.2, 0) is 5.41 Å². The summed E-state index contributed by atoms with van der Waals surface area (Å²) >= 11 is 0. The highest BCUT2D eigenvalue weighted by atomic mass is 15.1. The van der Waals surface area contributed by atoms with Gasteiger partial charge in [-0.25, -0.2) is 0 Å². The van der Waals surface area contributed by atoms with Gasteiger partial charge in [0.25, 0.3) is 0 Å². The van der Waals surface area contributed by atoms with Crippen molar-refractivity contribution < 1.29 is 0 Å². The Morgan fingerprint density at radius 2 is 0.746 bits per heavy atom. The second kappa shape index (κ2) is 13.9. The molecule has 0 saturated heterocycles. The SMILES string of the molecule is c1ccc(-c2ccc(N(c3cccc(-c4cccc(-n5c6ccccc6c6ccccc65)c4)c3)c3ccc4c(c3)C3(c5ccccc5-c5ccccc53)c3ccccc3-4)cc2)cc1. The van der Waals surface area contributed by atoms with Gasteiger partial charge in [-0.15, -0.1) is 0 Å². The standard InChI is InChI=1S/C61H40N2/c1-2-16-41(17-3-1)42-32-34-45(35-33-42)62(46-20-14-18-43(38-46)44-19-15-21-47(39-44)63-59-30-12-7-25-53(59)54-26-8-13-31-60(54)63)48-36-37-52-51-24-6-11-29-57(51)61(58(52)40-48)55-27-9-4-22-49(55)50-23-5-10-28-56(50)61/h1-40H. The second-order valence-corrected chi connectivity index (χ2v) is 16.8. The van der Waals surface area contributed by atoms with Gasteiger partial charge in [-0.1, -0.05) is 182 Å². The minimum Gasteiger partial charge on any atom is -0.310 e. The molecule has 0 saturated carbocycles. The fourth-order valence-corrected chi connectivity index (χ4v) is 11.0. The topological polar surface area (TPSA) is 8.17 Å². The van der Waals surface area contributed by atoms with Crippen molar-refractivity contribution in [2.75, 3.05) is 4.90 Å². The summed E-state index contributed by atoms with van der Waals surface area (Å²) in [5.74, 6) is 0. The zero-order chi connectivity index (χ0) is 41.5. The molecule has 2 nitrogen and oxygen atoms in total. The van der Waals surface area contributed by atoms with Gasteiger partial charge >= 0.3 is 0 Å². The molecular weight excluding hydrogens is 761 g/mol. The van der Waals surface area contributed by atoms with Crippen LogP contribution in [0.25, 0.3) is 72.0 Å². The first-order valence-electron chi connectivity index (χ1n) is 21.8. The molecule has 10 aromatic carbocycles. The number of hydrogen-bond acceptors (Lipinski definition) is 1. The van der Waals surface area contributed by atoms with E-state index in [1.807, 2.05) is 0 Å². The highest BCUT2D eigenvalue weighted by Gasteiger charge is 2.51. The van der Waals surface area contributed by atoms with Gasteiger partial charge in [0.15, 0.2) is 0 Å². The van der Waals surface area contributed by atoms with E-state index in [2.05, 4.69) is 252 Å². The van der Waals surface area contributed by atoms with Crippen LogP contribution in [-0.4, -0.2) is 4.57 Å². The highest BCUT2D eigenvalue weighted by molar-refractivity contribution is 6.09. The van der Waals surface area contributed by atoms with Crippen LogP contribution in [0.15, 0.2) is 243 Å². The Kier molecular flexibility index (Phi) is 7.85. The van der Waals surface area contributed by atoms with Crippen molar-refractivity contribution in [1.29, 1.82) is 0 Å². The molecule has 2 aliphatic rings. The lowest BCUT2D eigenvalue weighted by molar-refractivity contribution is 0.793. The van der Waals surface area contributed by atoms with Crippen molar-refractivity contribution in [1.82, 2.24) is 4.57 Å². The Labute approximate surface area is 367 Å². The van der Waals surface area contributed by atoms with Crippen LogP contribution in [0, 0.1) is 0 Å². The average molecular weight is 801 g/mol. The van der Waals surface area contributed by atoms with Gasteiger partial charge in [-0.3, -0.25) is 0 Å². The van der Waals surface area contributed by atoms with E-state index in [9.17, 15) is 0 Å². The zero-order valence-corrected chi connectivity index (χ0v) is 34.5. The Balaban J connectivity index is 0.996. The molecule has 0 atom stereocenters. The van der Waals surface area contributed by atoms with Gasteiger partial charge in [-0.2, -0.15) is 0 Å². The molecule has 294 valence electrons. The van der Waals surface area contributed by atoms with E-state index in [1.165, 1.54) is 77.4 Å². The molecule has 0 aliphatic heterocycles.